The number of aliphatic hydroxyl groups is 1. The fourth-order valence-corrected chi connectivity index (χ4v) is 11.2. The molecule has 0 saturated heterocycles. The average Bonchev–Trinajstić information content (AvgIpc) is 2.91. The van der Waals surface area contributed by atoms with Crippen LogP contribution in [0.4, 0.5) is 0 Å². The molecule has 180 valence electrons. The quantitative estimate of drug-likeness (QED) is 0.301. The Bertz CT molecular complexity index is 1320. The maximum absolute atomic E-state index is 11.8. The first kappa shape index (κ1) is 25.2. The molecule has 0 bridgehead atoms. The first-order valence-corrected chi connectivity index (χ1v) is 15.3. The summed E-state index contributed by atoms with van der Waals surface area (Å²) in [6, 6.07) is 36.6. The maximum atomic E-state index is 11.8. The topological polar surface area (TPSA) is 45.0 Å². The third kappa shape index (κ3) is 4.53. The molecule has 36 heavy (non-hydrogen) atoms. The predicted molar refractivity (Wildman–Crippen MR) is 159 cm³/mol. The molecule has 1 N–H and O–H groups in total. The van der Waals surface area contributed by atoms with Gasteiger partial charge in [-0.05, 0) is 60.9 Å². The van der Waals surface area contributed by atoms with E-state index in [1.807, 2.05) is 24.5 Å². The molecule has 0 aliphatic carbocycles. The van der Waals surface area contributed by atoms with Gasteiger partial charge in [0.1, 0.15) is 28.2 Å². The number of nitrogens with zero attached hydrogens (tertiary/aromatic N) is 2. The second-order valence-electron chi connectivity index (χ2n) is 8.32. The molecule has 3 nitrogen and oxygen atoms in total. The van der Waals surface area contributed by atoms with Gasteiger partial charge in [-0.15, -0.1) is 11.8 Å². The zero-order chi connectivity index (χ0) is 25.1. The summed E-state index contributed by atoms with van der Waals surface area (Å²) in [7, 11) is -2.46. The Morgan fingerprint density at radius 1 is 0.750 bits per heavy atom. The molecular weight excluding hydrogens is 526 g/mol. The Kier molecular flexibility index (Phi) is 7.62. The summed E-state index contributed by atoms with van der Waals surface area (Å²) in [6.07, 6.45) is 0.973. The number of amidine groups is 1. The van der Waals surface area contributed by atoms with Crippen LogP contribution in [0.5, 0.6) is 0 Å². The molecule has 0 unspecified atom stereocenters. The van der Waals surface area contributed by atoms with Crippen LogP contribution in [0.15, 0.2) is 119 Å². The van der Waals surface area contributed by atoms with Crippen LogP contribution in [0, 0.1) is 0 Å². The number of hydrogen-bond acceptors (Lipinski definition) is 4. The van der Waals surface area contributed by atoms with Crippen LogP contribution in [0.3, 0.4) is 0 Å². The number of aliphatic hydroxyl groups excluding tert-OH is 1. The zero-order valence-electron chi connectivity index (χ0n) is 19.5. The smallest absolute Gasteiger partial charge is 0.191 e. The molecule has 1 heterocycles. The van der Waals surface area contributed by atoms with Gasteiger partial charge in [0.25, 0.3) is 0 Å². The van der Waals surface area contributed by atoms with Crippen LogP contribution in [0.2, 0.25) is 10.0 Å². The van der Waals surface area contributed by atoms with Crippen molar-refractivity contribution in [3.63, 3.8) is 0 Å². The van der Waals surface area contributed by atoms with Gasteiger partial charge >= 0.3 is 0 Å². The molecule has 0 radical (unpaired) electrons. The lowest BCUT2D eigenvalue weighted by Gasteiger charge is -2.37. The van der Waals surface area contributed by atoms with E-state index in [0.29, 0.717) is 21.4 Å². The molecule has 4 aromatic carbocycles. The van der Waals surface area contributed by atoms with E-state index in [1.54, 1.807) is 30.0 Å². The lowest BCUT2D eigenvalue weighted by molar-refractivity contribution is 0.195. The van der Waals surface area contributed by atoms with Crippen molar-refractivity contribution in [2.24, 2.45) is 9.98 Å². The third-order valence-electron chi connectivity index (χ3n) is 6.29. The van der Waals surface area contributed by atoms with Crippen molar-refractivity contribution in [2.75, 3.05) is 6.26 Å². The highest BCUT2D eigenvalue weighted by Gasteiger charge is 2.58. The monoisotopic (exact) mass is 549 g/mol. The maximum Gasteiger partial charge on any atom is 0.191 e. The molecule has 0 aromatic heterocycles. The molecule has 2 atom stereocenters. The molecule has 0 spiro atoms. The van der Waals surface area contributed by atoms with Gasteiger partial charge in [-0.1, -0.05) is 77.8 Å². The first-order valence-electron chi connectivity index (χ1n) is 11.4. The first-order chi connectivity index (χ1) is 17.6. The van der Waals surface area contributed by atoms with Gasteiger partial charge in [-0.2, -0.15) is 0 Å². The minimum atomic E-state index is -2.46. The van der Waals surface area contributed by atoms with Crippen LogP contribution in [-0.2, 0) is 0 Å². The van der Waals surface area contributed by atoms with Crippen molar-refractivity contribution < 1.29 is 5.11 Å². The largest absolute Gasteiger partial charge is 0.368 e. The summed E-state index contributed by atoms with van der Waals surface area (Å²) in [6.45, 7) is 0. The fourth-order valence-electron chi connectivity index (χ4n) is 4.77. The summed E-state index contributed by atoms with van der Waals surface area (Å²) >= 11 is 14.2. The Morgan fingerprint density at radius 3 is 1.69 bits per heavy atom. The number of thioether (sulfide) groups is 1. The SMILES string of the molecule is CSC1=NC(c2ccc(Cl)cc2Cl)=N[C@H](O)[C@H]1[P+](c1ccccc1)(c1ccccc1)c1ccccc1. The van der Waals surface area contributed by atoms with E-state index in [0.717, 1.165) is 21.0 Å². The van der Waals surface area contributed by atoms with Gasteiger partial charge in [-0.3, -0.25) is 0 Å². The predicted octanol–water partition coefficient (Wildman–Crippen LogP) is 6.20. The summed E-state index contributed by atoms with van der Waals surface area (Å²) < 4.78 is 0. The van der Waals surface area contributed by atoms with Gasteiger partial charge < -0.3 is 5.11 Å². The fraction of sp³-hybridized carbons (Fsp3) is 0.103. The highest BCUT2D eigenvalue weighted by atomic mass is 35.5. The van der Waals surface area contributed by atoms with Crippen molar-refractivity contribution in [2.45, 2.75) is 11.9 Å². The molecule has 7 heteroatoms. The second kappa shape index (κ2) is 10.9. The molecule has 1 aliphatic heterocycles. The summed E-state index contributed by atoms with van der Waals surface area (Å²) in [5, 5.41) is 17.1. The van der Waals surface area contributed by atoms with Crippen molar-refractivity contribution in [1.29, 1.82) is 0 Å². The number of aliphatic imine (C=N–C) groups is 2. The standard InChI is InChI=1S/C29H24Cl2N2OPS/c1-36-29-26(28(34)32-27(33-29)24-18-17-20(30)19-25(24)31)35(21-11-5-2-6-12-21,22-13-7-3-8-14-22)23-15-9-4-10-16-23/h2-19,26,28,34H,1H3/q+1/t26-,28-/m1/s1. The van der Waals surface area contributed by atoms with Crippen molar-refractivity contribution in [3.8, 4) is 0 Å². The molecule has 0 saturated carbocycles. The highest BCUT2D eigenvalue weighted by Crippen LogP contribution is 2.62. The Morgan fingerprint density at radius 2 is 1.25 bits per heavy atom. The van der Waals surface area contributed by atoms with Crippen LogP contribution >= 0.6 is 42.2 Å². The number of benzene rings is 4. The highest BCUT2D eigenvalue weighted by molar-refractivity contribution is 8.15. The van der Waals surface area contributed by atoms with Crippen LogP contribution in [0.25, 0.3) is 0 Å². The van der Waals surface area contributed by atoms with E-state index in [9.17, 15) is 5.11 Å². The average molecular weight is 550 g/mol. The summed E-state index contributed by atoms with van der Waals surface area (Å²) in [5.74, 6) is 0.414. The molecule has 0 fully saturated rings. The van der Waals surface area contributed by atoms with E-state index in [1.165, 1.54) is 0 Å². The van der Waals surface area contributed by atoms with E-state index in [-0.39, 0.29) is 5.66 Å². The van der Waals surface area contributed by atoms with Crippen LogP contribution in [-0.4, -0.2) is 34.1 Å². The van der Waals surface area contributed by atoms with E-state index >= 15 is 0 Å². The normalized spacial score (nSPS) is 17.9. The lowest BCUT2D eigenvalue weighted by atomic mass is 10.2. The van der Waals surface area contributed by atoms with Crippen LogP contribution < -0.4 is 15.9 Å². The molecule has 5 rings (SSSR count). The zero-order valence-corrected chi connectivity index (χ0v) is 22.7. The molecule has 0 amide bonds. The molecule has 1 aliphatic rings. The summed E-state index contributed by atoms with van der Waals surface area (Å²) in [4.78, 5) is 9.74. The van der Waals surface area contributed by atoms with Gasteiger partial charge in [0.05, 0.1) is 5.02 Å². The number of halogens is 2. The Balaban J connectivity index is 1.78. The molecular formula is C29H24Cl2N2OPS+. The number of hydrogen-bond donors (Lipinski definition) is 1. The van der Waals surface area contributed by atoms with Crippen molar-refractivity contribution >= 4 is 69.0 Å². The second-order valence-corrected chi connectivity index (χ2v) is 13.5. The summed E-state index contributed by atoms with van der Waals surface area (Å²) in [5.41, 5.74) is 0.280. The van der Waals surface area contributed by atoms with E-state index in [2.05, 4.69) is 72.8 Å². The van der Waals surface area contributed by atoms with E-state index < -0.39 is 13.5 Å². The van der Waals surface area contributed by atoms with Crippen molar-refractivity contribution in [1.82, 2.24) is 0 Å². The van der Waals surface area contributed by atoms with Gasteiger partial charge in [0.2, 0.25) is 0 Å². The molecule has 4 aromatic rings. The van der Waals surface area contributed by atoms with Crippen LogP contribution in [0.1, 0.15) is 5.56 Å². The van der Waals surface area contributed by atoms with Gasteiger partial charge in [0, 0.05) is 10.6 Å². The minimum Gasteiger partial charge on any atom is -0.368 e. The third-order valence-corrected chi connectivity index (χ3v) is 12.5. The Labute approximate surface area is 226 Å². The Hall–Kier alpha value is -2.46. The number of rotatable bonds is 5. The lowest BCUT2D eigenvalue weighted by Crippen LogP contribution is -2.48. The van der Waals surface area contributed by atoms with Crippen molar-refractivity contribution in [3.05, 3.63) is 125 Å². The van der Waals surface area contributed by atoms with Gasteiger partial charge in [0.15, 0.2) is 17.7 Å². The van der Waals surface area contributed by atoms with E-state index in [4.69, 9.17) is 33.2 Å². The minimum absolute atomic E-state index is 0.366. The van der Waals surface area contributed by atoms with Gasteiger partial charge in [-0.25, -0.2) is 9.98 Å².